The van der Waals surface area contributed by atoms with Crippen molar-refractivity contribution >= 4 is 17.7 Å². The van der Waals surface area contributed by atoms with Crippen molar-refractivity contribution < 1.29 is 33.5 Å². The molecule has 138 valence electrons. The van der Waals surface area contributed by atoms with E-state index < -0.39 is 46.2 Å². The van der Waals surface area contributed by atoms with Crippen LogP contribution in [0.5, 0.6) is 5.75 Å². The molecule has 1 aromatic rings. The highest BCUT2D eigenvalue weighted by molar-refractivity contribution is 5.80. The van der Waals surface area contributed by atoms with Crippen LogP contribution in [0.3, 0.4) is 0 Å². The maximum atomic E-state index is 13.1. The van der Waals surface area contributed by atoms with Gasteiger partial charge < -0.3 is 19.9 Å². The summed E-state index contributed by atoms with van der Waals surface area (Å²) in [7, 11) is 0. The smallest absolute Gasteiger partial charge is 0.408 e. The normalized spacial score (nSPS) is 13.5. The molecule has 9 nitrogen and oxygen atoms in total. The monoisotopic (exact) mass is 358 g/mol. The minimum atomic E-state index is -1.54. The third kappa shape index (κ3) is 6.24. The second-order valence-corrected chi connectivity index (χ2v) is 6.15. The number of carbonyl (C=O) groups is 2. The van der Waals surface area contributed by atoms with Crippen LogP contribution in [0.2, 0.25) is 0 Å². The molecule has 0 aromatic heterocycles. The van der Waals surface area contributed by atoms with Gasteiger partial charge in [0.1, 0.15) is 17.5 Å². The number of hydrogen-bond donors (Lipinski definition) is 2. The molecule has 2 atom stereocenters. The van der Waals surface area contributed by atoms with Crippen LogP contribution in [-0.4, -0.2) is 39.8 Å². The molecule has 0 heterocycles. The van der Waals surface area contributed by atoms with Gasteiger partial charge in [-0.3, -0.25) is 10.1 Å². The average Bonchev–Trinajstić information content (AvgIpc) is 2.44. The topological polar surface area (TPSA) is 128 Å². The molecule has 0 aliphatic heterocycles. The third-order valence-electron chi connectivity index (χ3n) is 2.84. The summed E-state index contributed by atoms with van der Waals surface area (Å²) in [6.07, 6.45) is -2.18. The molecule has 0 saturated carbocycles. The van der Waals surface area contributed by atoms with E-state index >= 15 is 0 Å². The Morgan fingerprint density at radius 3 is 2.44 bits per heavy atom. The molecule has 0 aliphatic rings. The van der Waals surface area contributed by atoms with Crippen molar-refractivity contribution in [3.8, 4) is 5.75 Å². The standard InChI is InChI=1S/C15H19FN2O7/c1-8(12(13(19)20)17-14(21)25-15(2,3)4)24-11-6-5-9(16)7-10(11)18(22)23/h5-8,12H,1-4H3,(H,17,21)(H,19,20)/t8-,12+/m1/s1. The number of ether oxygens (including phenoxy) is 2. The summed E-state index contributed by atoms with van der Waals surface area (Å²) >= 11 is 0. The van der Waals surface area contributed by atoms with Crippen molar-refractivity contribution in [2.45, 2.75) is 45.4 Å². The van der Waals surface area contributed by atoms with Gasteiger partial charge in [0.05, 0.1) is 11.0 Å². The molecule has 2 N–H and O–H groups in total. The molecule has 1 amide bonds. The molecule has 0 unspecified atom stereocenters. The largest absolute Gasteiger partial charge is 0.481 e. The number of alkyl carbamates (subject to hydrolysis) is 1. The van der Waals surface area contributed by atoms with E-state index in [9.17, 15) is 29.2 Å². The van der Waals surface area contributed by atoms with E-state index in [1.165, 1.54) is 6.92 Å². The Bertz CT molecular complexity index is 672. The summed E-state index contributed by atoms with van der Waals surface area (Å²) in [4.78, 5) is 33.2. The first-order valence-electron chi connectivity index (χ1n) is 7.23. The first-order chi connectivity index (χ1) is 11.4. The van der Waals surface area contributed by atoms with Gasteiger partial charge in [-0.05, 0) is 39.8 Å². The Hall–Kier alpha value is -2.91. The summed E-state index contributed by atoms with van der Waals surface area (Å²) in [5.74, 6) is -2.59. The zero-order valence-corrected chi connectivity index (χ0v) is 14.1. The predicted octanol–water partition coefficient (Wildman–Crippen LogP) is 2.48. The van der Waals surface area contributed by atoms with E-state index in [1.54, 1.807) is 20.8 Å². The third-order valence-corrected chi connectivity index (χ3v) is 2.84. The van der Waals surface area contributed by atoms with Gasteiger partial charge in [-0.2, -0.15) is 0 Å². The van der Waals surface area contributed by atoms with Gasteiger partial charge in [0.25, 0.3) is 0 Å². The number of carboxylic acid groups (broad SMARTS) is 1. The first-order valence-corrected chi connectivity index (χ1v) is 7.23. The van der Waals surface area contributed by atoms with E-state index in [0.29, 0.717) is 6.07 Å². The first kappa shape index (κ1) is 20.1. The molecule has 0 fully saturated rings. The lowest BCUT2D eigenvalue weighted by Crippen LogP contribution is -2.51. The number of nitro groups is 1. The van der Waals surface area contributed by atoms with Crippen LogP contribution < -0.4 is 10.1 Å². The van der Waals surface area contributed by atoms with Crippen LogP contribution in [0.25, 0.3) is 0 Å². The van der Waals surface area contributed by atoms with Crippen LogP contribution in [-0.2, 0) is 9.53 Å². The van der Waals surface area contributed by atoms with Crippen LogP contribution in [0, 0.1) is 15.9 Å². The molecular formula is C15H19FN2O7. The average molecular weight is 358 g/mol. The van der Waals surface area contributed by atoms with Gasteiger partial charge in [-0.15, -0.1) is 0 Å². The van der Waals surface area contributed by atoms with E-state index in [-0.39, 0.29) is 5.75 Å². The number of benzene rings is 1. The molecule has 0 radical (unpaired) electrons. The Morgan fingerprint density at radius 2 is 1.96 bits per heavy atom. The summed E-state index contributed by atoms with van der Waals surface area (Å²) in [5, 5.41) is 22.3. The van der Waals surface area contributed by atoms with Gasteiger partial charge in [0.2, 0.25) is 0 Å². The maximum absolute atomic E-state index is 13.1. The van der Waals surface area contributed by atoms with Crippen molar-refractivity contribution in [3.05, 3.63) is 34.1 Å². The fourth-order valence-corrected chi connectivity index (χ4v) is 1.82. The molecule has 0 saturated heterocycles. The number of nitrogens with zero attached hydrogens (tertiary/aromatic N) is 1. The lowest BCUT2D eigenvalue weighted by atomic mass is 10.1. The molecule has 0 aliphatic carbocycles. The molecule has 0 spiro atoms. The summed E-state index contributed by atoms with van der Waals surface area (Å²) < 4.78 is 23.4. The Kier molecular flexibility index (Phi) is 6.26. The Morgan fingerprint density at radius 1 is 1.36 bits per heavy atom. The van der Waals surface area contributed by atoms with Crippen molar-refractivity contribution in [1.82, 2.24) is 5.32 Å². The van der Waals surface area contributed by atoms with Crippen LogP contribution in [0.15, 0.2) is 18.2 Å². The van der Waals surface area contributed by atoms with Gasteiger partial charge in [0.15, 0.2) is 11.8 Å². The lowest BCUT2D eigenvalue weighted by molar-refractivity contribution is -0.386. The number of rotatable bonds is 6. The van der Waals surface area contributed by atoms with E-state index in [4.69, 9.17) is 9.47 Å². The number of hydrogen-bond acceptors (Lipinski definition) is 6. The summed E-state index contributed by atoms with van der Waals surface area (Å²) in [6.45, 7) is 6.10. The summed E-state index contributed by atoms with van der Waals surface area (Å²) in [6, 6.07) is 1.06. The van der Waals surface area contributed by atoms with Gasteiger partial charge in [0, 0.05) is 0 Å². The quantitative estimate of drug-likeness (QED) is 0.590. The predicted molar refractivity (Wildman–Crippen MR) is 83.9 cm³/mol. The minimum Gasteiger partial charge on any atom is -0.481 e. The fourth-order valence-electron chi connectivity index (χ4n) is 1.82. The van der Waals surface area contributed by atoms with Gasteiger partial charge in [-0.25, -0.2) is 14.0 Å². The molecule has 25 heavy (non-hydrogen) atoms. The van der Waals surface area contributed by atoms with Crippen molar-refractivity contribution in [3.63, 3.8) is 0 Å². The second-order valence-electron chi connectivity index (χ2n) is 6.15. The lowest BCUT2D eigenvalue weighted by Gasteiger charge is -2.25. The Labute approximate surface area is 142 Å². The number of nitro benzene ring substituents is 1. The number of nitrogens with one attached hydrogen (secondary N) is 1. The molecular weight excluding hydrogens is 339 g/mol. The number of carbonyl (C=O) groups excluding carboxylic acids is 1. The highest BCUT2D eigenvalue weighted by Gasteiger charge is 2.31. The van der Waals surface area contributed by atoms with Gasteiger partial charge in [-0.1, -0.05) is 0 Å². The molecule has 1 rings (SSSR count). The SMILES string of the molecule is C[C@@H](Oc1ccc(F)cc1[N+](=O)[O-])[C@H](NC(=O)OC(C)(C)C)C(=O)O. The van der Waals surface area contributed by atoms with Crippen LogP contribution in [0.1, 0.15) is 27.7 Å². The second kappa shape index (κ2) is 7.77. The molecule has 0 bridgehead atoms. The number of halogens is 1. The fraction of sp³-hybridized carbons (Fsp3) is 0.467. The summed E-state index contributed by atoms with van der Waals surface area (Å²) in [5.41, 5.74) is -1.50. The van der Waals surface area contributed by atoms with E-state index in [1.807, 2.05) is 0 Å². The van der Waals surface area contributed by atoms with Gasteiger partial charge >= 0.3 is 17.7 Å². The van der Waals surface area contributed by atoms with Crippen LogP contribution >= 0.6 is 0 Å². The number of aliphatic carboxylic acids is 1. The van der Waals surface area contributed by atoms with Crippen molar-refractivity contribution in [2.75, 3.05) is 0 Å². The Balaban J connectivity index is 2.95. The maximum Gasteiger partial charge on any atom is 0.408 e. The van der Waals surface area contributed by atoms with E-state index in [0.717, 1.165) is 12.1 Å². The van der Waals surface area contributed by atoms with Crippen LogP contribution in [0.4, 0.5) is 14.9 Å². The van der Waals surface area contributed by atoms with E-state index in [2.05, 4.69) is 5.32 Å². The zero-order valence-electron chi connectivity index (χ0n) is 14.1. The van der Waals surface area contributed by atoms with Crippen molar-refractivity contribution in [1.29, 1.82) is 0 Å². The minimum absolute atomic E-state index is 0.323. The number of amides is 1. The zero-order chi connectivity index (χ0) is 19.4. The highest BCUT2D eigenvalue weighted by atomic mass is 19.1. The highest BCUT2D eigenvalue weighted by Crippen LogP contribution is 2.28. The van der Waals surface area contributed by atoms with Crippen molar-refractivity contribution in [2.24, 2.45) is 0 Å². The molecule has 10 heteroatoms. The molecule has 1 aromatic carbocycles. The number of carboxylic acids is 1.